The average Bonchev–Trinajstić information content (AvgIpc) is 2.44. The van der Waals surface area contributed by atoms with Gasteiger partial charge in [-0.25, -0.2) is 4.39 Å². The number of hydrogen-bond donors (Lipinski definition) is 1. The molecule has 2 nitrogen and oxygen atoms in total. The molecule has 122 valence electrons. The van der Waals surface area contributed by atoms with E-state index in [0.29, 0.717) is 5.56 Å². The molecule has 0 bridgehead atoms. The van der Waals surface area contributed by atoms with Crippen LogP contribution in [0, 0.1) is 5.82 Å². The molecule has 0 heterocycles. The molecule has 0 saturated carbocycles. The molecule has 9 heteroatoms. The summed E-state index contributed by atoms with van der Waals surface area (Å²) < 4.78 is 50.8. The fraction of sp³-hybridized carbons (Fsp3) is 0.0714. The van der Waals surface area contributed by atoms with Crippen LogP contribution in [0.4, 0.5) is 23.2 Å². The Morgan fingerprint density at radius 1 is 0.957 bits per heavy atom. The Kier molecular flexibility index (Phi) is 5.39. The minimum absolute atomic E-state index is 0.0193. The summed E-state index contributed by atoms with van der Waals surface area (Å²) in [6.45, 7) is 0. The lowest BCUT2D eigenvalue weighted by Crippen LogP contribution is -2.05. The van der Waals surface area contributed by atoms with Crippen molar-refractivity contribution in [3.8, 4) is 0 Å². The van der Waals surface area contributed by atoms with Crippen molar-refractivity contribution < 1.29 is 17.6 Å². The van der Waals surface area contributed by atoms with Crippen LogP contribution < -0.4 is 5.43 Å². The molecule has 2 rings (SSSR count). The van der Waals surface area contributed by atoms with Crippen LogP contribution >= 0.6 is 34.8 Å². The van der Waals surface area contributed by atoms with Crippen molar-refractivity contribution in [2.24, 2.45) is 5.10 Å². The lowest BCUT2D eigenvalue weighted by atomic mass is 10.2. The van der Waals surface area contributed by atoms with Gasteiger partial charge in [0.05, 0.1) is 32.5 Å². The predicted molar refractivity (Wildman–Crippen MR) is 84.1 cm³/mol. The van der Waals surface area contributed by atoms with Gasteiger partial charge in [-0.05, 0) is 29.8 Å². The third-order valence-corrected chi connectivity index (χ3v) is 3.59. The van der Waals surface area contributed by atoms with Crippen LogP contribution in [-0.4, -0.2) is 6.21 Å². The molecule has 0 unspecified atom stereocenters. The monoisotopic (exact) mass is 384 g/mol. The Balaban J connectivity index is 2.20. The molecule has 0 atom stereocenters. The van der Waals surface area contributed by atoms with Crippen LogP contribution in [0.5, 0.6) is 0 Å². The van der Waals surface area contributed by atoms with E-state index in [0.717, 1.165) is 18.2 Å². The quantitative estimate of drug-likeness (QED) is 0.377. The minimum atomic E-state index is -4.56. The molecule has 23 heavy (non-hydrogen) atoms. The van der Waals surface area contributed by atoms with Crippen molar-refractivity contribution in [3.63, 3.8) is 0 Å². The van der Waals surface area contributed by atoms with Crippen LogP contribution in [0.15, 0.2) is 35.4 Å². The van der Waals surface area contributed by atoms with Crippen LogP contribution in [0.25, 0.3) is 0 Å². The third-order valence-electron chi connectivity index (χ3n) is 2.70. The standard InChI is InChI=1S/C14H7Cl3F4N2/c15-9-3-7(1-2-12(9)18)6-22-23-13-10(16)4-8(5-11(13)17)14(19,20)21/h1-6,23H. The Hall–Kier alpha value is -1.50. The van der Waals surface area contributed by atoms with E-state index in [1.807, 2.05) is 0 Å². The van der Waals surface area contributed by atoms with Gasteiger partial charge >= 0.3 is 6.18 Å². The molecule has 0 aliphatic carbocycles. The summed E-state index contributed by atoms with van der Waals surface area (Å²) in [5, 5.41) is 3.23. The second-order valence-electron chi connectivity index (χ2n) is 4.36. The molecule has 2 aromatic rings. The van der Waals surface area contributed by atoms with Gasteiger partial charge in [-0.3, -0.25) is 5.43 Å². The van der Waals surface area contributed by atoms with E-state index in [4.69, 9.17) is 34.8 Å². The van der Waals surface area contributed by atoms with Crippen LogP contribution in [-0.2, 0) is 6.18 Å². The highest BCUT2D eigenvalue weighted by atomic mass is 35.5. The van der Waals surface area contributed by atoms with E-state index in [1.165, 1.54) is 18.3 Å². The molecule has 0 radical (unpaired) electrons. The van der Waals surface area contributed by atoms with Gasteiger partial charge in [0, 0.05) is 0 Å². The smallest absolute Gasteiger partial charge is 0.275 e. The summed E-state index contributed by atoms with van der Waals surface area (Å²) in [4.78, 5) is 0. The second-order valence-corrected chi connectivity index (χ2v) is 5.58. The maximum absolute atomic E-state index is 13.0. The zero-order valence-corrected chi connectivity index (χ0v) is 13.3. The largest absolute Gasteiger partial charge is 0.416 e. The molecule has 0 aromatic heterocycles. The van der Waals surface area contributed by atoms with Gasteiger partial charge in [-0.15, -0.1) is 0 Å². The summed E-state index contributed by atoms with van der Waals surface area (Å²) in [6.07, 6.45) is -3.27. The molecule has 0 spiro atoms. The number of hydrogen-bond acceptors (Lipinski definition) is 2. The molecular weight excluding hydrogens is 379 g/mol. The van der Waals surface area contributed by atoms with Crippen molar-refractivity contribution >= 4 is 46.7 Å². The number of anilines is 1. The minimum Gasteiger partial charge on any atom is -0.275 e. The van der Waals surface area contributed by atoms with Gasteiger partial charge in [0.15, 0.2) is 0 Å². The van der Waals surface area contributed by atoms with Crippen LogP contribution in [0.3, 0.4) is 0 Å². The third kappa shape index (κ3) is 4.50. The molecule has 0 saturated heterocycles. The maximum Gasteiger partial charge on any atom is 0.416 e. The SMILES string of the molecule is Fc1ccc(C=NNc2c(Cl)cc(C(F)(F)F)cc2Cl)cc1Cl. The van der Waals surface area contributed by atoms with E-state index in [-0.39, 0.29) is 20.8 Å². The number of hydrazone groups is 1. The Labute approximate surface area is 143 Å². The first-order valence-corrected chi connectivity index (χ1v) is 7.12. The average molecular weight is 386 g/mol. The van der Waals surface area contributed by atoms with Gasteiger partial charge in [-0.2, -0.15) is 18.3 Å². The number of nitrogens with one attached hydrogen (secondary N) is 1. The molecular formula is C14H7Cl3F4N2. The summed E-state index contributed by atoms with van der Waals surface area (Å²) in [5.41, 5.74) is 1.97. The van der Waals surface area contributed by atoms with E-state index < -0.39 is 17.6 Å². The number of halogens is 7. The Morgan fingerprint density at radius 2 is 1.57 bits per heavy atom. The molecule has 0 fully saturated rings. The topological polar surface area (TPSA) is 24.4 Å². The fourth-order valence-corrected chi connectivity index (χ4v) is 2.37. The van der Waals surface area contributed by atoms with Crippen LogP contribution in [0.1, 0.15) is 11.1 Å². The molecule has 0 aliphatic rings. The molecule has 2 aromatic carbocycles. The zero-order valence-electron chi connectivity index (χ0n) is 11.1. The van der Waals surface area contributed by atoms with Crippen molar-refractivity contribution in [3.05, 3.63) is 62.3 Å². The Morgan fingerprint density at radius 3 is 2.09 bits per heavy atom. The van der Waals surface area contributed by atoms with Crippen molar-refractivity contribution in [2.75, 3.05) is 5.43 Å². The van der Waals surface area contributed by atoms with Crippen molar-refractivity contribution in [1.29, 1.82) is 0 Å². The highest BCUT2D eigenvalue weighted by molar-refractivity contribution is 6.39. The Bertz CT molecular complexity index is 737. The molecule has 0 amide bonds. The second kappa shape index (κ2) is 6.95. The first kappa shape index (κ1) is 17.8. The first-order valence-electron chi connectivity index (χ1n) is 5.99. The first-order chi connectivity index (χ1) is 10.7. The number of benzene rings is 2. The van der Waals surface area contributed by atoms with E-state index in [1.54, 1.807) is 0 Å². The van der Waals surface area contributed by atoms with Gasteiger partial charge in [-0.1, -0.05) is 40.9 Å². The summed E-state index contributed by atoms with van der Waals surface area (Å²) >= 11 is 17.2. The predicted octanol–water partition coefficient (Wildman–Crippen LogP) is 6.25. The summed E-state index contributed by atoms with van der Waals surface area (Å²) in [7, 11) is 0. The van der Waals surface area contributed by atoms with Gasteiger partial charge in [0.1, 0.15) is 5.82 Å². The zero-order chi connectivity index (χ0) is 17.2. The van der Waals surface area contributed by atoms with Crippen LogP contribution in [0.2, 0.25) is 15.1 Å². The van der Waals surface area contributed by atoms with E-state index >= 15 is 0 Å². The molecule has 0 aliphatic heterocycles. The maximum atomic E-state index is 13.0. The normalized spacial score (nSPS) is 12.0. The lowest BCUT2D eigenvalue weighted by molar-refractivity contribution is -0.137. The summed E-state index contributed by atoms with van der Waals surface area (Å²) in [6, 6.07) is 5.38. The molecule has 1 N–H and O–H groups in total. The lowest BCUT2D eigenvalue weighted by Gasteiger charge is -2.11. The highest BCUT2D eigenvalue weighted by Crippen LogP contribution is 2.38. The van der Waals surface area contributed by atoms with E-state index in [2.05, 4.69) is 10.5 Å². The van der Waals surface area contributed by atoms with E-state index in [9.17, 15) is 17.6 Å². The number of nitrogens with zero attached hydrogens (tertiary/aromatic N) is 1. The van der Waals surface area contributed by atoms with Crippen molar-refractivity contribution in [2.45, 2.75) is 6.18 Å². The van der Waals surface area contributed by atoms with Crippen molar-refractivity contribution in [1.82, 2.24) is 0 Å². The van der Waals surface area contributed by atoms with Gasteiger partial charge in [0.2, 0.25) is 0 Å². The van der Waals surface area contributed by atoms with Gasteiger partial charge in [0.25, 0.3) is 0 Å². The highest BCUT2D eigenvalue weighted by Gasteiger charge is 2.32. The number of alkyl halides is 3. The number of rotatable bonds is 3. The van der Waals surface area contributed by atoms with Gasteiger partial charge < -0.3 is 0 Å². The summed E-state index contributed by atoms with van der Waals surface area (Å²) in [5.74, 6) is -0.578. The fourth-order valence-electron chi connectivity index (χ4n) is 1.61.